The Morgan fingerprint density at radius 2 is 1.81 bits per heavy atom. The van der Waals surface area contributed by atoms with E-state index in [4.69, 9.17) is 5.11 Å². The number of amides is 2. The second kappa shape index (κ2) is 8.88. The molecule has 2 rings (SSSR count). The van der Waals surface area contributed by atoms with E-state index in [9.17, 15) is 31.9 Å². The first-order valence-electron chi connectivity index (χ1n) is 9.09. The molecule has 0 radical (unpaired) electrons. The molecule has 0 unspecified atom stereocenters. The van der Waals surface area contributed by atoms with E-state index in [2.05, 4.69) is 10.6 Å². The number of nitrogens with one attached hydrogen (secondary N) is 2. The minimum absolute atomic E-state index is 0.0367. The van der Waals surface area contributed by atoms with Gasteiger partial charge in [0, 0.05) is 24.5 Å². The van der Waals surface area contributed by atoms with E-state index in [0.29, 0.717) is 12.1 Å². The molecule has 7 nitrogen and oxygen atoms in total. The highest BCUT2D eigenvalue weighted by Gasteiger charge is 2.34. The summed E-state index contributed by atoms with van der Waals surface area (Å²) in [7, 11) is 1.45. The van der Waals surface area contributed by atoms with Crippen LogP contribution in [0.5, 0.6) is 0 Å². The van der Waals surface area contributed by atoms with Gasteiger partial charge in [0.15, 0.2) is 0 Å². The topological polar surface area (TPSA) is 100 Å². The third-order valence-corrected chi connectivity index (χ3v) is 4.76. The van der Waals surface area contributed by atoms with Crippen molar-refractivity contribution < 1.29 is 37.1 Å². The van der Waals surface area contributed by atoms with E-state index in [1.54, 1.807) is 0 Å². The summed E-state index contributed by atoms with van der Waals surface area (Å²) in [5, 5.41) is 13.6. The zero-order valence-electron chi connectivity index (χ0n) is 17.1. The fourth-order valence-corrected chi connectivity index (χ4v) is 3.09. The number of nitrogens with zero attached hydrogens (tertiary/aromatic N) is 1. The Balaban J connectivity index is 2.38. The maximum atomic E-state index is 13.5. The van der Waals surface area contributed by atoms with Crippen LogP contribution in [-0.4, -0.2) is 39.9 Å². The monoisotopic (exact) mass is 443 g/mol. The Morgan fingerprint density at radius 1 is 1.19 bits per heavy atom. The van der Waals surface area contributed by atoms with Gasteiger partial charge in [-0.3, -0.25) is 14.4 Å². The standard InChI is InChI=1S/C20H21F4N3O4/c1-9(8-28)25-19(31)17(29)15-10(2)16(27(4)11(15)3)18(30)26-12-5-6-14(21)13(7-12)20(22,23)24/h5-7,9,28H,8H2,1-4H3,(H,25,31)(H,26,30)/t9-/m0/s1. The highest BCUT2D eigenvalue weighted by atomic mass is 19.4. The summed E-state index contributed by atoms with van der Waals surface area (Å²) < 4.78 is 53.5. The number of aliphatic hydroxyl groups is 1. The van der Waals surface area contributed by atoms with Crippen molar-refractivity contribution in [2.45, 2.75) is 33.0 Å². The number of anilines is 1. The first-order chi connectivity index (χ1) is 14.3. The fraction of sp³-hybridized carbons (Fsp3) is 0.350. The summed E-state index contributed by atoms with van der Waals surface area (Å²) in [6, 6.07) is 1.37. The van der Waals surface area contributed by atoms with Gasteiger partial charge < -0.3 is 20.3 Å². The van der Waals surface area contributed by atoms with E-state index < -0.39 is 41.2 Å². The van der Waals surface area contributed by atoms with Gasteiger partial charge in [0.2, 0.25) is 0 Å². The molecule has 11 heteroatoms. The van der Waals surface area contributed by atoms with Crippen molar-refractivity contribution in [3.05, 3.63) is 52.1 Å². The van der Waals surface area contributed by atoms with Crippen molar-refractivity contribution in [3.8, 4) is 0 Å². The number of ketones is 1. The maximum Gasteiger partial charge on any atom is 0.419 e. The Bertz CT molecular complexity index is 1040. The largest absolute Gasteiger partial charge is 0.419 e. The number of benzene rings is 1. The number of Topliss-reactive ketones (excluding diaryl/α,β-unsaturated/α-hetero) is 1. The summed E-state index contributed by atoms with van der Waals surface area (Å²) in [4.78, 5) is 37.4. The molecule has 168 valence electrons. The molecule has 0 aliphatic rings. The van der Waals surface area contributed by atoms with Crippen LogP contribution < -0.4 is 10.6 Å². The molecule has 0 saturated carbocycles. The normalized spacial score (nSPS) is 12.4. The lowest BCUT2D eigenvalue weighted by molar-refractivity contribution is -0.139. The number of halogens is 4. The number of hydrogen-bond donors (Lipinski definition) is 3. The Labute approximate surface area is 175 Å². The zero-order valence-corrected chi connectivity index (χ0v) is 17.1. The van der Waals surface area contributed by atoms with E-state index in [1.807, 2.05) is 0 Å². The predicted octanol–water partition coefficient (Wildman–Crippen LogP) is 2.73. The summed E-state index contributed by atoms with van der Waals surface area (Å²) in [6.45, 7) is 4.03. The Hall–Kier alpha value is -3.21. The quantitative estimate of drug-likeness (QED) is 0.363. The molecule has 0 spiro atoms. The van der Waals surface area contributed by atoms with Gasteiger partial charge in [-0.15, -0.1) is 0 Å². The van der Waals surface area contributed by atoms with Crippen LogP contribution in [0.4, 0.5) is 23.2 Å². The van der Waals surface area contributed by atoms with Gasteiger partial charge in [0.05, 0.1) is 17.7 Å². The van der Waals surface area contributed by atoms with Crippen molar-refractivity contribution in [2.24, 2.45) is 7.05 Å². The first-order valence-corrected chi connectivity index (χ1v) is 9.09. The van der Waals surface area contributed by atoms with Gasteiger partial charge in [0.25, 0.3) is 17.6 Å². The average molecular weight is 443 g/mol. The Kier molecular flexibility index (Phi) is 6.89. The first kappa shape index (κ1) is 24.1. The molecular weight excluding hydrogens is 422 g/mol. The summed E-state index contributed by atoms with van der Waals surface area (Å²) >= 11 is 0. The lowest BCUT2D eigenvalue weighted by Gasteiger charge is -2.12. The number of aliphatic hydroxyl groups excluding tert-OH is 1. The highest BCUT2D eigenvalue weighted by molar-refractivity contribution is 6.43. The zero-order chi connectivity index (χ0) is 23.7. The lowest BCUT2D eigenvalue weighted by atomic mass is 10.0. The summed E-state index contributed by atoms with van der Waals surface area (Å²) in [6.07, 6.45) is -4.94. The number of alkyl halides is 3. The number of carbonyl (C=O) groups excluding carboxylic acids is 3. The molecule has 31 heavy (non-hydrogen) atoms. The third-order valence-electron chi connectivity index (χ3n) is 4.76. The van der Waals surface area contributed by atoms with Gasteiger partial charge in [-0.1, -0.05) is 0 Å². The van der Waals surface area contributed by atoms with Crippen molar-refractivity contribution in [3.63, 3.8) is 0 Å². The van der Waals surface area contributed by atoms with Crippen LogP contribution in [0.2, 0.25) is 0 Å². The van der Waals surface area contributed by atoms with Gasteiger partial charge in [-0.2, -0.15) is 13.2 Å². The molecule has 2 aromatic rings. The number of carbonyl (C=O) groups is 3. The minimum atomic E-state index is -4.94. The molecule has 1 aromatic heterocycles. The van der Waals surface area contributed by atoms with E-state index in [1.165, 1.54) is 32.4 Å². The van der Waals surface area contributed by atoms with Gasteiger partial charge >= 0.3 is 6.18 Å². The molecule has 2 amide bonds. The van der Waals surface area contributed by atoms with Crippen molar-refractivity contribution in [1.29, 1.82) is 0 Å². The van der Waals surface area contributed by atoms with Crippen molar-refractivity contribution in [1.82, 2.24) is 9.88 Å². The van der Waals surface area contributed by atoms with Crippen LogP contribution >= 0.6 is 0 Å². The minimum Gasteiger partial charge on any atom is -0.394 e. The molecule has 1 aromatic carbocycles. The van der Waals surface area contributed by atoms with Crippen LogP contribution in [0.1, 0.15) is 44.6 Å². The van der Waals surface area contributed by atoms with Gasteiger partial charge in [-0.05, 0) is 44.5 Å². The molecule has 0 fully saturated rings. The predicted molar refractivity (Wildman–Crippen MR) is 103 cm³/mol. The molecule has 3 N–H and O–H groups in total. The maximum absolute atomic E-state index is 13.5. The van der Waals surface area contributed by atoms with Crippen LogP contribution in [0.15, 0.2) is 18.2 Å². The average Bonchev–Trinajstić information content (AvgIpc) is 2.90. The molecule has 0 aliphatic heterocycles. The van der Waals surface area contributed by atoms with Crippen LogP contribution in [0.3, 0.4) is 0 Å². The molecular formula is C20H21F4N3O4. The van der Waals surface area contributed by atoms with Crippen molar-refractivity contribution in [2.75, 3.05) is 11.9 Å². The number of hydrogen-bond acceptors (Lipinski definition) is 4. The van der Waals surface area contributed by atoms with E-state index >= 15 is 0 Å². The van der Waals surface area contributed by atoms with Crippen molar-refractivity contribution >= 4 is 23.3 Å². The Morgan fingerprint density at radius 3 is 2.35 bits per heavy atom. The lowest BCUT2D eigenvalue weighted by Crippen LogP contribution is -2.39. The number of aromatic nitrogens is 1. The molecule has 0 saturated heterocycles. The third kappa shape index (κ3) is 4.93. The van der Waals surface area contributed by atoms with E-state index in [0.717, 1.165) is 6.07 Å². The molecule has 0 aliphatic carbocycles. The second-order valence-electron chi connectivity index (χ2n) is 7.03. The van der Waals surface area contributed by atoms with Gasteiger partial charge in [0.1, 0.15) is 11.5 Å². The fourth-order valence-electron chi connectivity index (χ4n) is 3.09. The summed E-state index contributed by atoms with van der Waals surface area (Å²) in [5.41, 5.74) is -1.48. The highest BCUT2D eigenvalue weighted by Crippen LogP contribution is 2.33. The number of rotatable bonds is 6. The SMILES string of the molecule is Cc1c(C(=O)C(=O)N[C@@H](C)CO)c(C)n(C)c1C(=O)Nc1ccc(F)c(C(F)(F)F)c1. The molecule has 1 atom stereocenters. The van der Waals surface area contributed by atoms with E-state index in [-0.39, 0.29) is 34.8 Å². The summed E-state index contributed by atoms with van der Waals surface area (Å²) in [5.74, 6) is -4.22. The molecule has 1 heterocycles. The van der Waals surface area contributed by atoms with Crippen LogP contribution in [-0.2, 0) is 18.0 Å². The van der Waals surface area contributed by atoms with Crippen LogP contribution in [0, 0.1) is 19.7 Å². The smallest absolute Gasteiger partial charge is 0.394 e. The second-order valence-corrected chi connectivity index (χ2v) is 7.03. The molecule has 0 bridgehead atoms. The van der Waals surface area contributed by atoms with Crippen LogP contribution in [0.25, 0.3) is 0 Å². The van der Waals surface area contributed by atoms with Gasteiger partial charge in [-0.25, -0.2) is 4.39 Å².